The first-order chi connectivity index (χ1) is 13.0. The molecular formula is C21H29N3O2S. The van der Waals surface area contributed by atoms with Crippen molar-refractivity contribution in [1.29, 1.82) is 0 Å². The molecule has 1 aromatic heterocycles. The highest BCUT2D eigenvalue weighted by atomic mass is 32.2. The van der Waals surface area contributed by atoms with E-state index >= 15 is 0 Å². The SMILES string of the molecule is CCCN(Cc1ccc(-c2ccc(S(C)(=O)=O)cc2)nc1)C1CCNCC1. The van der Waals surface area contributed by atoms with E-state index in [4.69, 9.17) is 0 Å². The van der Waals surface area contributed by atoms with Crippen molar-refractivity contribution in [3.05, 3.63) is 48.2 Å². The Hall–Kier alpha value is -1.76. The predicted octanol–water partition coefficient (Wildman–Crippen LogP) is 3.12. The molecule has 5 nitrogen and oxygen atoms in total. The van der Waals surface area contributed by atoms with Crippen molar-refractivity contribution in [3.8, 4) is 11.3 Å². The number of pyridine rings is 1. The zero-order valence-corrected chi connectivity index (χ0v) is 17.0. The molecule has 0 spiro atoms. The average Bonchev–Trinajstić information content (AvgIpc) is 2.68. The molecule has 1 saturated heterocycles. The van der Waals surface area contributed by atoms with Crippen LogP contribution in [-0.2, 0) is 16.4 Å². The lowest BCUT2D eigenvalue weighted by atomic mass is 10.0. The van der Waals surface area contributed by atoms with Crippen LogP contribution in [0.4, 0.5) is 0 Å². The van der Waals surface area contributed by atoms with Gasteiger partial charge >= 0.3 is 0 Å². The van der Waals surface area contributed by atoms with Crippen LogP contribution in [0.5, 0.6) is 0 Å². The van der Waals surface area contributed by atoms with E-state index in [1.54, 1.807) is 12.1 Å². The first kappa shape index (κ1) is 20.0. The molecule has 6 heteroatoms. The van der Waals surface area contributed by atoms with Crippen molar-refractivity contribution in [2.75, 3.05) is 25.9 Å². The van der Waals surface area contributed by atoms with Gasteiger partial charge in [0.25, 0.3) is 0 Å². The van der Waals surface area contributed by atoms with Gasteiger partial charge in [0.05, 0.1) is 10.6 Å². The highest BCUT2D eigenvalue weighted by molar-refractivity contribution is 7.90. The molecule has 0 amide bonds. The Kier molecular flexibility index (Phi) is 6.63. The van der Waals surface area contributed by atoms with Crippen molar-refractivity contribution in [2.24, 2.45) is 0 Å². The molecule has 0 atom stereocenters. The second-order valence-electron chi connectivity index (χ2n) is 7.30. The molecular weight excluding hydrogens is 358 g/mol. The van der Waals surface area contributed by atoms with Crippen LogP contribution in [0.15, 0.2) is 47.5 Å². The summed E-state index contributed by atoms with van der Waals surface area (Å²) in [5, 5.41) is 3.44. The molecule has 3 rings (SSSR count). The summed E-state index contributed by atoms with van der Waals surface area (Å²) in [6.45, 7) is 6.48. The summed E-state index contributed by atoms with van der Waals surface area (Å²) in [6, 6.07) is 11.7. The number of sulfone groups is 1. The fourth-order valence-electron chi connectivity index (χ4n) is 3.65. The maximum atomic E-state index is 11.6. The smallest absolute Gasteiger partial charge is 0.175 e. The van der Waals surface area contributed by atoms with Gasteiger partial charge in [-0.05, 0) is 62.7 Å². The van der Waals surface area contributed by atoms with Gasteiger partial charge in [-0.2, -0.15) is 0 Å². The highest BCUT2D eigenvalue weighted by Gasteiger charge is 2.20. The van der Waals surface area contributed by atoms with Crippen molar-refractivity contribution in [1.82, 2.24) is 15.2 Å². The lowest BCUT2D eigenvalue weighted by Gasteiger charge is -2.34. The van der Waals surface area contributed by atoms with Crippen LogP contribution in [0.1, 0.15) is 31.7 Å². The number of nitrogens with zero attached hydrogens (tertiary/aromatic N) is 2. The molecule has 0 aliphatic carbocycles. The maximum absolute atomic E-state index is 11.6. The summed E-state index contributed by atoms with van der Waals surface area (Å²) in [7, 11) is -3.17. The van der Waals surface area contributed by atoms with Crippen LogP contribution in [-0.4, -0.2) is 50.2 Å². The summed E-state index contributed by atoms with van der Waals surface area (Å²) in [4.78, 5) is 7.53. The Morgan fingerprint density at radius 2 is 1.81 bits per heavy atom. The standard InChI is InChI=1S/C21H29N3O2S/c1-3-14-24(19-10-12-22-13-11-19)16-17-4-9-21(23-15-17)18-5-7-20(8-6-18)27(2,25)26/h4-9,15,19,22H,3,10-14,16H2,1-2H3. The third-order valence-electron chi connectivity index (χ3n) is 5.12. The number of benzene rings is 1. The van der Waals surface area contributed by atoms with E-state index in [0.29, 0.717) is 10.9 Å². The monoisotopic (exact) mass is 387 g/mol. The van der Waals surface area contributed by atoms with Gasteiger partial charge in [0.2, 0.25) is 0 Å². The lowest BCUT2D eigenvalue weighted by Crippen LogP contribution is -2.43. The maximum Gasteiger partial charge on any atom is 0.175 e. The second-order valence-corrected chi connectivity index (χ2v) is 9.32. The van der Waals surface area contributed by atoms with E-state index in [-0.39, 0.29) is 0 Å². The number of rotatable bonds is 7. The summed E-state index contributed by atoms with van der Waals surface area (Å²) in [5.41, 5.74) is 3.01. The van der Waals surface area contributed by atoms with Crippen LogP contribution >= 0.6 is 0 Å². The molecule has 0 unspecified atom stereocenters. The fourth-order valence-corrected chi connectivity index (χ4v) is 4.28. The van der Waals surface area contributed by atoms with Gasteiger partial charge in [-0.1, -0.05) is 25.1 Å². The number of nitrogens with one attached hydrogen (secondary N) is 1. The van der Waals surface area contributed by atoms with E-state index in [2.05, 4.69) is 28.2 Å². The first-order valence-corrected chi connectivity index (χ1v) is 11.6. The summed E-state index contributed by atoms with van der Waals surface area (Å²) < 4.78 is 23.2. The van der Waals surface area contributed by atoms with Gasteiger partial charge in [-0.3, -0.25) is 9.88 Å². The van der Waals surface area contributed by atoms with Crippen LogP contribution in [0, 0.1) is 0 Å². The molecule has 0 saturated carbocycles. The summed E-state index contributed by atoms with van der Waals surface area (Å²) >= 11 is 0. The van der Waals surface area contributed by atoms with Crippen molar-refractivity contribution in [2.45, 2.75) is 43.7 Å². The Labute approximate surface area is 162 Å². The van der Waals surface area contributed by atoms with Gasteiger partial charge in [0, 0.05) is 30.6 Å². The van der Waals surface area contributed by atoms with Gasteiger partial charge in [-0.15, -0.1) is 0 Å². The summed E-state index contributed by atoms with van der Waals surface area (Å²) in [5.74, 6) is 0. The Morgan fingerprint density at radius 3 is 2.37 bits per heavy atom. The van der Waals surface area contributed by atoms with Crippen LogP contribution in [0.3, 0.4) is 0 Å². The van der Waals surface area contributed by atoms with Crippen LogP contribution < -0.4 is 5.32 Å². The fraction of sp³-hybridized carbons (Fsp3) is 0.476. The Balaban J connectivity index is 1.70. The summed E-state index contributed by atoms with van der Waals surface area (Å²) in [6.07, 6.45) is 6.74. The normalized spacial score (nSPS) is 16.0. The van der Waals surface area contributed by atoms with Gasteiger partial charge in [0.1, 0.15) is 0 Å². The highest BCUT2D eigenvalue weighted by Crippen LogP contribution is 2.21. The van der Waals surface area contributed by atoms with Gasteiger partial charge in [-0.25, -0.2) is 8.42 Å². The molecule has 1 N–H and O–H groups in total. The topological polar surface area (TPSA) is 62.3 Å². The first-order valence-electron chi connectivity index (χ1n) is 9.67. The molecule has 1 aliphatic heterocycles. The number of hydrogen-bond donors (Lipinski definition) is 1. The lowest BCUT2D eigenvalue weighted by molar-refractivity contribution is 0.154. The third-order valence-corrected chi connectivity index (χ3v) is 6.25. The van der Waals surface area contributed by atoms with Crippen LogP contribution in [0.2, 0.25) is 0 Å². The zero-order valence-electron chi connectivity index (χ0n) is 16.2. The molecule has 2 heterocycles. The third kappa shape index (κ3) is 5.37. The average molecular weight is 388 g/mol. The Morgan fingerprint density at radius 1 is 1.11 bits per heavy atom. The quantitative estimate of drug-likeness (QED) is 0.791. The van der Waals surface area contributed by atoms with E-state index in [1.807, 2.05) is 24.4 Å². The molecule has 1 fully saturated rings. The number of aromatic nitrogens is 1. The van der Waals surface area contributed by atoms with Crippen molar-refractivity contribution in [3.63, 3.8) is 0 Å². The van der Waals surface area contributed by atoms with Crippen LogP contribution in [0.25, 0.3) is 11.3 Å². The largest absolute Gasteiger partial charge is 0.317 e. The van der Waals surface area contributed by atoms with Crippen molar-refractivity contribution >= 4 is 9.84 Å². The van der Waals surface area contributed by atoms with Gasteiger partial charge in [0.15, 0.2) is 9.84 Å². The number of piperidine rings is 1. The molecule has 146 valence electrons. The van der Waals surface area contributed by atoms with E-state index in [1.165, 1.54) is 24.7 Å². The second kappa shape index (κ2) is 8.95. The molecule has 1 aromatic carbocycles. The molecule has 2 aromatic rings. The number of hydrogen-bond acceptors (Lipinski definition) is 5. The zero-order chi connectivity index (χ0) is 19.3. The molecule has 0 radical (unpaired) electrons. The van der Waals surface area contributed by atoms with Crippen molar-refractivity contribution < 1.29 is 8.42 Å². The van der Waals surface area contributed by atoms with Gasteiger partial charge < -0.3 is 5.32 Å². The van der Waals surface area contributed by atoms with E-state index in [9.17, 15) is 8.42 Å². The molecule has 0 bridgehead atoms. The molecule has 27 heavy (non-hydrogen) atoms. The minimum absolute atomic E-state index is 0.333. The molecule has 1 aliphatic rings. The van der Waals surface area contributed by atoms with E-state index < -0.39 is 9.84 Å². The predicted molar refractivity (Wildman–Crippen MR) is 109 cm³/mol. The minimum atomic E-state index is -3.17. The minimum Gasteiger partial charge on any atom is -0.317 e. The van der Waals surface area contributed by atoms with E-state index in [0.717, 1.165) is 43.9 Å². The Bertz CT molecular complexity index is 827.